The van der Waals surface area contributed by atoms with Gasteiger partial charge in [-0.25, -0.2) is 17.8 Å². The Balaban J connectivity index is 1.77. The number of nitrogens with zero attached hydrogens (tertiary/aromatic N) is 2. The van der Waals surface area contributed by atoms with E-state index in [0.29, 0.717) is 5.69 Å². The van der Waals surface area contributed by atoms with Crippen LogP contribution in [0.3, 0.4) is 0 Å². The highest BCUT2D eigenvalue weighted by Crippen LogP contribution is 2.37. The van der Waals surface area contributed by atoms with Crippen LogP contribution in [-0.2, 0) is 9.84 Å². The van der Waals surface area contributed by atoms with Crippen LogP contribution in [0, 0.1) is 12.7 Å². The van der Waals surface area contributed by atoms with E-state index < -0.39 is 27.6 Å². The number of amides is 1. The molecule has 0 saturated carbocycles. The molecule has 8 heteroatoms. The summed E-state index contributed by atoms with van der Waals surface area (Å²) >= 11 is 0. The summed E-state index contributed by atoms with van der Waals surface area (Å²) in [6.45, 7) is 4.46. The number of hydrogen-bond donors (Lipinski definition) is 1. The first-order valence-corrected chi connectivity index (χ1v) is 11.8. The van der Waals surface area contributed by atoms with Gasteiger partial charge >= 0.3 is 0 Å². The number of pyridine rings is 1. The highest BCUT2D eigenvalue weighted by molar-refractivity contribution is 7.93. The molecule has 1 fully saturated rings. The number of anilines is 1. The van der Waals surface area contributed by atoms with Crippen LogP contribution in [0.5, 0.6) is 0 Å². The molecule has 1 aliphatic heterocycles. The van der Waals surface area contributed by atoms with Gasteiger partial charge < -0.3 is 10.2 Å². The molecule has 160 valence electrons. The average Bonchev–Trinajstić information content (AvgIpc) is 3.15. The monoisotopic (exact) mass is 431 g/mol. The zero-order valence-electron chi connectivity index (χ0n) is 17.3. The Hall–Kier alpha value is -2.74. The summed E-state index contributed by atoms with van der Waals surface area (Å²) in [5.74, 6) is -1.40. The van der Waals surface area contributed by atoms with Gasteiger partial charge in [-0.2, -0.15) is 0 Å². The van der Waals surface area contributed by atoms with Gasteiger partial charge in [0.05, 0.1) is 17.9 Å². The summed E-state index contributed by atoms with van der Waals surface area (Å²) in [7, 11) is -3.30. The van der Waals surface area contributed by atoms with Gasteiger partial charge in [-0.3, -0.25) is 4.79 Å². The Morgan fingerprint density at radius 3 is 2.77 bits per heavy atom. The second-order valence-electron chi connectivity index (χ2n) is 7.65. The van der Waals surface area contributed by atoms with Crippen LogP contribution in [0.15, 0.2) is 48.0 Å². The fraction of sp³-hybridized carbons (Fsp3) is 0.364. The lowest BCUT2D eigenvalue weighted by Gasteiger charge is -2.28. The fourth-order valence-corrected chi connectivity index (χ4v) is 4.22. The van der Waals surface area contributed by atoms with Gasteiger partial charge in [0, 0.05) is 30.3 Å². The third-order valence-corrected chi connectivity index (χ3v) is 5.80. The van der Waals surface area contributed by atoms with Gasteiger partial charge in [-0.1, -0.05) is 30.3 Å². The van der Waals surface area contributed by atoms with E-state index in [1.54, 1.807) is 6.92 Å². The van der Waals surface area contributed by atoms with Crippen molar-refractivity contribution in [2.24, 2.45) is 0 Å². The Morgan fingerprint density at radius 2 is 2.10 bits per heavy atom. The van der Waals surface area contributed by atoms with Gasteiger partial charge in [-0.05, 0) is 37.8 Å². The molecule has 1 saturated heterocycles. The molecule has 1 N–H and O–H groups in total. The van der Waals surface area contributed by atoms with E-state index in [-0.39, 0.29) is 11.7 Å². The SMILES string of the molecule is Cc1ccccc1[C@@H]1CCCN1c1cnc(C(=O)N[C@H](C)/C=C/S(C)(=O)=O)c(F)c1. The van der Waals surface area contributed by atoms with Gasteiger partial charge in [0.1, 0.15) is 0 Å². The molecule has 0 aliphatic carbocycles. The number of carbonyl (C=O) groups is 1. The predicted molar refractivity (Wildman–Crippen MR) is 116 cm³/mol. The first-order valence-electron chi connectivity index (χ1n) is 9.82. The second-order valence-corrected chi connectivity index (χ2v) is 9.58. The van der Waals surface area contributed by atoms with Crippen LogP contribution in [0.1, 0.15) is 47.4 Å². The number of aryl methyl sites for hydroxylation is 1. The molecule has 3 rings (SSSR count). The number of benzene rings is 1. The maximum atomic E-state index is 14.7. The first kappa shape index (κ1) is 22.0. The molecule has 2 aromatic rings. The van der Waals surface area contributed by atoms with E-state index in [9.17, 15) is 17.6 Å². The molecular formula is C22H26FN3O3S. The molecule has 0 unspecified atom stereocenters. The average molecular weight is 432 g/mol. The smallest absolute Gasteiger partial charge is 0.273 e. The van der Waals surface area contributed by atoms with Gasteiger partial charge in [0.2, 0.25) is 0 Å². The van der Waals surface area contributed by atoms with E-state index in [2.05, 4.69) is 34.3 Å². The molecule has 6 nitrogen and oxygen atoms in total. The molecule has 30 heavy (non-hydrogen) atoms. The number of carbonyl (C=O) groups excluding carboxylic acids is 1. The van der Waals surface area contributed by atoms with Gasteiger partial charge in [-0.15, -0.1) is 0 Å². The first-order chi connectivity index (χ1) is 14.2. The minimum Gasteiger partial charge on any atom is -0.363 e. The van der Waals surface area contributed by atoms with Crippen molar-refractivity contribution in [3.05, 3.63) is 70.7 Å². The predicted octanol–water partition coefficient (Wildman–Crippen LogP) is 3.55. The highest BCUT2D eigenvalue weighted by Gasteiger charge is 2.28. The van der Waals surface area contributed by atoms with Crippen molar-refractivity contribution in [2.75, 3.05) is 17.7 Å². The molecule has 0 spiro atoms. The van der Waals surface area contributed by atoms with Crippen molar-refractivity contribution < 1.29 is 17.6 Å². The van der Waals surface area contributed by atoms with Crippen molar-refractivity contribution in [3.8, 4) is 0 Å². The van der Waals surface area contributed by atoms with Crippen molar-refractivity contribution in [1.29, 1.82) is 0 Å². The van der Waals surface area contributed by atoms with Crippen LogP contribution >= 0.6 is 0 Å². The Labute approximate surface area is 176 Å². The summed E-state index contributed by atoms with van der Waals surface area (Å²) < 4.78 is 37.1. The summed E-state index contributed by atoms with van der Waals surface area (Å²) in [6, 6.07) is 9.07. The number of aromatic nitrogens is 1. The zero-order chi connectivity index (χ0) is 21.9. The van der Waals surface area contributed by atoms with Crippen LogP contribution in [0.4, 0.5) is 10.1 Å². The number of halogens is 1. The lowest BCUT2D eigenvalue weighted by molar-refractivity contribution is 0.0937. The maximum Gasteiger partial charge on any atom is 0.273 e. The Kier molecular flexibility index (Phi) is 6.55. The summed E-state index contributed by atoms with van der Waals surface area (Å²) in [5, 5.41) is 3.54. The molecule has 1 aliphatic rings. The van der Waals surface area contributed by atoms with E-state index in [1.165, 1.54) is 29.5 Å². The third-order valence-electron chi connectivity index (χ3n) is 5.15. The largest absolute Gasteiger partial charge is 0.363 e. The second kappa shape index (κ2) is 8.95. The minimum absolute atomic E-state index is 0.147. The molecule has 0 radical (unpaired) electrons. The molecule has 0 bridgehead atoms. The molecular weight excluding hydrogens is 405 g/mol. The van der Waals surface area contributed by atoms with E-state index in [4.69, 9.17) is 0 Å². The van der Waals surface area contributed by atoms with Gasteiger partial charge in [0.15, 0.2) is 21.3 Å². The minimum atomic E-state index is -3.30. The van der Waals surface area contributed by atoms with Crippen molar-refractivity contribution >= 4 is 21.4 Å². The molecule has 1 amide bonds. The normalized spacial score (nSPS) is 18.0. The van der Waals surface area contributed by atoms with Crippen molar-refractivity contribution in [2.45, 2.75) is 38.8 Å². The lowest BCUT2D eigenvalue weighted by atomic mass is 9.99. The molecule has 2 heterocycles. The van der Waals surface area contributed by atoms with Crippen LogP contribution < -0.4 is 10.2 Å². The topological polar surface area (TPSA) is 79.4 Å². The van der Waals surface area contributed by atoms with E-state index in [1.807, 2.05) is 12.1 Å². The number of rotatable bonds is 6. The van der Waals surface area contributed by atoms with E-state index >= 15 is 0 Å². The summed E-state index contributed by atoms with van der Waals surface area (Å²) in [6.07, 6.45) is 5.87. The Morgan fingerprint density at radius 1 is 1.37 bits per heavy atom. The zero-order valence-corrected chi connectivity index (χ0v) is 18.1. The van der Waals surface area contributed by atoms with Gasteiger partial charge in [0.25, 0.3) is 5.91 Å². The van der Waals surface area contributed by atoms with Crippen molar-refractivity contribution in [1.82, 2.24) is 10.3 Å². The Bertz CT molecular complexity index is 1070. The van der Waals surface area contributed by atoms with Crippen LogP contribution in [0.25, 0.3) is 0 Å². The molecule has 2 atom stereocenters. The number of sulfone groups is 1. The molecule has 1 aromatic carbocycles. The highest BCUT2D eigenvalue weighted by atomic mass is 32.2. The standard InChI is InChI=1S/C22H26FN3O3S/c1-15-7-4-5-8-18(15)20-9-6-11-26(20)17-13-19(23)21(24-14-17)22(27)25-16(2)10-12-30(3,28)29/h4-5,7-8,10,12-14,16,20H,6,9,11H2,1-3H3,(H,25,27)/b12-10+/t16-,20+/m1/s1. The summed E-state index contributed by atoms with van der Waals surface area (Å²) in [4.78, 5) is 18.5. The third kappa shape index (κ3) is 5.24. The van der Waals surface area contributed by atoms with Crippen LogP contribution in [0.2, 0.25) is 0 Å². The summed E-state index contributed by atoms with van der Waals surface area (Å²) in [5.41, 5.74) is 2.73. The number of hydrogen-bond acceptors (Lipinski definition) is 5. The number of nitrogens with one attached hydrogen (secondary N) is 1. The van der Waals surface area contributed by atoms with Crippen LogP contribution in [-0.4, -0.2) is 38.2 Å². The fourth-order valence-electron chi connectivity index (χ4n) is 3.70. The lowest BCUT2D eigenvalue weighted by Crippen LogP contribution is -2.32. The molecule has 1 aromatic heterocycles. The maximum absolute atomic E-state index is 14.7. The van der Waals surface area contributed by atoms with E-state index in [0.717, 1.165) is 31.1 Å². The quantitative estimate of drug-likeness (QED) is 0.757. The van der Waals surface area contributed by atoms with Crippen molar-refractivity contribution in [3.63, 3.8) is 0 Å².